The summed E-state index contributed by atoms with van der Waals surface area (Å²) >= 11 is 1.49. The summed E-state index contributed by atoms with van der Waals surface area (Å²) in [5.41, 5.74) is 3.29. The fourth-order valence-corrected chi connectivity index (χ4v) is 6.67. The third-order valence-corrected chi connectivity index (χ3v) is 9.04. The summed E-state index contributed by atoms with van der Waals surface area (Å²) in [4.78, 5) is 19.1. The maximum Gasteiger partial charge on any atom is 0.289 e. The van der Waals surface area contributed by atoms with Crippen LogP contribution in [-0.2, 0) is 17.1 Å². The van der Waals surface area contributed by atoms with Crippen molar-refractivity contribution in [2.24, 2.45) is 7.05 Å². The number of rotatable bonds is 5. The molecule has 0 atom stereocenters. The average Bonchev–Trinajstić information content (AvgIpc) is 3.61. The monoisotopic (exact) mass is 496 g/mol. The Kier molecular flexibility index (Phi) is 5.88. The van der Waals surface area contributed by atoms with Gasteiger partial charge in [0.1, 0.15) is 9.90 Å². The molecule has 0 saturated carbocycles. The lowest BCUT2D eigenvalue weighted by molar-refractivity contribution is 0.0666. The average molecular weight is 497 g/mol. The highest BCUT2D eigenvalue weighted by atomic mass is 32.2. The van der Waals surface area contributed by atoms with Gasteiger partial charge >= 0.3 is 0 Å². The van der Waals surface area contributed by atoms with Gasteiger partial charge in [-0.2, -0.15) is 4.31 Å². The Morgan fingerprint density at radius 3 is 2.47 bits per heavy atom. The highest BCUT2D eigenvalue weighted by molar-refractivity contribution is 7.89. The van der Waals surface area contributed by atoms with Crippen molar-refractivity contribution in [2.75, 3.05) is 26.2 Å². The van der Waals surface area contributed by atoms with E-state index in [1.54, 1.807) is 30.0 Å². The van der Waals surface area contributed by atoms with E-state index in [-0.39, 0.29) is 29.7 Å². The minimum Gasteiger partial charge on any atom is -0.459 e. The summed E-state index contributed by atoms with van der Waals surface area (Å²) in [5, 5.41) is 2.75. The molecular weight excluding hydrogens is 472 g/mol. The summed E-state index contributed by atoms with van der Waals surface area (Å²) in [6.45, 7) is 2.88. The maximum absolute atomic E-state index is 13.5. The molecule has 0 bridgehead atoms. The molecular formula is C24H24N4O4S2. The van der Waals surface area contributed by atoms with E-state index in [0.29, 0.717) is 18.8 Å². The maximum atomic E-state index is 13.5. The van der Waals surface area contributed by atoms with Gasteiger partial charge in [0, 0.05) is 49.9 Å². The lowest BCUT2D eigenvalue weighted by Crippen LogP contribution is -2.50. The van der Waals surface area contributed by atoms with Gasteiger partial charge in [0.15, 0.2) is 5.76 Å². The van der Waals surface area contributed by atoms with Crippen LogP contribution in [0.5, 0.6) is 0 Å². The van der Waals surface area contributed by atoms with E-state index >= 15 is 0 Å². The predicted octanol–water partition coefficient (Wildman–Crippen LogP) is 3.86. The molecule has 1 fully saturated rings. The number of hydrogen-bond acceptors (Lipinski definition) is 6. The van der Waals surface area contributed by atoms with Crippen LogP contribution in [0.4, 0.5) is 0 Å². The van der Waals surface area contributed by atoms with Crippen molar-refractivity contribution < 1.29 is 17.6 Å². The number of benzene rings is 1. The van der Waals surface area contributed by atoms with E-state index in [2.05, 4.69) is 0 Å². The molecule has 0 aliphatic carbocycles. The third-order valence-electron chi connectivity index (χ3n) is 6.16. The van der Waals surface area contributed by atoms with Gasteiger partial charge in [0.25, 0.3) is 5.91 Å². The zero-order valence-corrected chi connectivity index (χ0v) is 20.5. The number of thiazole rings is 1. The molecule has 3 aromatic heterocycles. The van der Waals surface area contributed by atoms with E-state index in [1.165, 1.54) is 21.9 Å². The summed E-state index contributed by atoms with van der Waals surface area (Å²) in [6, 6.07) is 14.9. The van der Waals surface area contributed by atoms with Gasteiger partial charge < -0.3 is 13.9 Å². The van der Waals surface area contributed by atoms with Crippen molar-refractivity contribution in [1.29, 1.82) is 0 Å². The summed E-state index contributed by atoms with van der Waals surface area (Å²) in [7, 11) is -1.87. The first kappa shape index (κ1) is 22.6. The lowest BCUT2D eigenvalue weighted by Gasteiger charge is -2.33. The van der Waals surface area contributed by atoms with Gasteiger partial charge in [-0.25, -0.2) is 13.4 Å². The highest BCUT2D eigenvalue weighted by Gasteiger charge is 2.33. The smallest absolute Gasteiger partial charge is 0.289 e. The first-order valence-electron chi connectivity index (χ1n) is 10.9. The molecule has 0 N–H and O–H groups in total. The fraction of sp³-hybridized carbons (Fsp3) is 0.250. The van der Waals surface area contributed by atoms with Crippen molar-refractivity contribution in [3.63, 3.8) is 0 Å². The largest absolute Gasteiger partial charge is 0.459 e. The third kappa shape index (κ3) is 3.97. The molecule has 0 spiro atoms. The molecule has 5 rings (SSSR count). The van der Waals surface area contributed by atoms with Crippen molar-refractivity contribution in [3.05, 3.63) is 71.6 Å². The summed E-state index contributed by atoms with van der Waals surface area (Å²) < 4.78 is 35.5. The van der Waals surface area contributed by atoms with Crippen LogP contribution in [0.15, 0.2) is 69.5 Å². The van der Waals surface area contributed by atoms with Crippen molar-refractivity contribution >= 4 is 27.3 Å². The van der Waals surface area contributed by atoms with Crippen LogP contribution in [0.1, 0.15) is 16.2 Å². The Morgan fingerprint density at radius 1 is 1.06 bits per heavy atom. The molecule has 10 heteroatoms. The zero-order valence-electron chi connectivity index (χ0n) is 18.8. The molecule has 34 heavy (non-hydrogen) atoms. The Hall–Kier alpha value is -3.21. The minimum absolute atomic E-state index is 0.224. The second kappa shape index (κ2) is 8.86. The van der Waals surface area contributed by atoms with Crippen LogP contribution in [0, 0.1) is 6.92 Å². The number of nitrogens with zero attached hydrogens (tertiary/aromatic N) is 4. The molecule has 1 aromatic carbocycles. The van der Waals surface area contributed by atoms with Gasteiger partial charge in [-0.3, -0.25) is 4.79 Å². The first-order chi connectivity index (χ1) is 16.4. The number of carbonyl (C=O) groups is 1. The normalized spacial score (nSPS) is 15.1. The number of sulfonamides is 1. The van der Waals surface area contributed by atoms with Gasteiger partial charge in [0.05, 0.1) is 17.7 Å². The Balaban J connectivity index is 1.37. The molecule has 4 aromatic rings. The van der Waals surface area contributed by atoms with E-state index in [4.69, 9.17) is 9.40 Å². The number of hydrogen-bond donors (Lipinski definition) is 0. The summed E-state index contributed by atoms with van der Waals surface area (Å²) in [6.07, 6.45) is 1.45. The van der Waals surface area contributed by atoms with Crippen molar-refractivity contribution in [1.82, 2.24) is 18.8 Å². The van der Waals surface area contributed by atoms with Crippen LogP contribution in [-0.4, -0.2) is 59.3 Å². The Bertz CT molecular complexity index is 1410. The molecule has 0 unspecified atom stereocenters. The van der Waals surface area contributed by atoms with Gasteiger partial charge in [-0.15, -0.1) is 11.3 Å². The van der Waals surface area contributed by atoms with E-state index in [1.807, 2.05) is 47.3 Å². The zero-order chi connectivity index (χ0) is 23.9. The van der Waals surface area contributed by atoms with Crippen LogP contribution >= 0.6 is 11.3 Å². The number of piperazine rings is 1. The number of furan rings is 1. The minimum atomic E-state index is -3.72. The van der Waals surface area contributed by atoms with E-state index < -0.39 is 10.0 Å². The van der Waals surface area contributed by atoms with Crippen LogP contribution in [0.3, 0.4) is 0 Å². The number of amides is 1. The SMILES string of the molecule is Cc1c(S(=O)(=O)N2CCN(C(=O)c3ccco3)CC2)cc(-c2nc(-c3ccccc3)cs2)n1C. The van der Waals surface area contributed by atoms with Crippen LogP contribution in [0.2, 0.25) is 0 Å². The van der Waals surface area contributed by atoms with Crippen molar-refractivity contribution in [2.45, 2.75) is 11.8 Å². The van der Waals surface area contributed by atoms with Gasteiger partial charge in [-0.05, 0) is 25.1 Å². The predicted molar refractivity (Wildman–Crippen MR) is 130 cm³/mol. The highest BCUT2D eigenvalue weighted by Crippen LogP contribution is 2.33. The van der Waals surface area contributed by atoms with Crippen LogP contribution < -0.4 is 0 Å². The molecule has 0 radical (unpaired) electrons. The lowest BCUT2D eigenvalue weighted by atomic mass is 10.2. The van der Waals surface area contributed by atoms with E-state index in [9.17, 15) is 13.2 Å². The second-order valence-corrected chi connectivity index (χ2v) is 10.9. The number of aromatic nitrogens is 2. The molecule has 1 amide bonds. The van der Waals surface area contributed by atoms with E-state index in [0.717, 1.165) is 22.0 Å². The standard InChI is InChI=1S/C24H24N4O4S2/c1-17-22(15-20(26(17)2)23-25-19(16-33-23)18-7-4-3-5-8-18)34(30,31)28-12-10-27(11-13-28)24(29)21-9-6-14-32-21/h3-9,14-16H,10-13H2,1-2H3. The van der Waals surface area contributed by atoms with Gasteiger partial charge in [0.2, 0.25) is 10.0 Å². The Morgan fingerprint density at radius 2 is 1.79 bits per heavy atom. The fourth-order valence-electron chi connectivity index (χ4n) is 4.10. The first-order valence-corrected chi connectivity index (χ1v) is 13.2. The quantitative estimate of drug-likeness (QED) is 0.419. The number of carbonyl (C=O) groups excluding carboxylic acids is 1. The Labute approximate surface area is 202 Å². The molecule has 1 aliphatic heterocycles. The van der Waals surface area contributed by atoms with Crippen LogP contribution in [0.25, 0.3) is 22.0 Å². The second-order valence-electron chi connectivity index (χ2n) is 8.12. The molecule has 176 valence electrons. The van der Waals surface area contributed by atoms with Gasteiger partial charge in [-0.1, -0.05) is 30.3 Å². The molecule has 1 saturated heterocycles. The molecule has 4 heterocycles. The molecule has 1 aliphatic rings. The molecule has 8 nitrogen and oxygen atoms in total. The summed E-state index contributed by atoms with van der Waals surface area (Å²) in [5.74, 6) is 0.0383. The van der Waals surface area contributed by atoms with Crippen molar-refractivity contribution in [3.8, 4) is 22.0 Å². The topological polar surface area (TPSA) is 88.7 Å².